The fourth-order valence-electron chi connectivity index (χ4n) is 3.18. The Labute approximate surface area is 132 Å². The van der Waals surface area contributed by atoms with Gasteiger partial charge in [-0.25, -0.2) is 0 Å². The summed E-state index contributed by atoms with van der Waals surface area (Å²) in [6, 6.07) is 10.4. The van der Waals surface area contributed by atoms with Crippen LogP contribution in [0, 0.1) is 0 Å². The molecular weight excluding hydrogens is 272 g/mol. The zero-order valence-electron chi connectivity index (χ0n) is 13.4. The van der Waals surface area contributed by atoms with Crippen LogP contribution in [-0.4, -0.2) is 10.5 Å². The van der Waals surface area contributed by atoms with Gasteiger partial charge in [0.2, 0.25) is 5.91 Å². The van der Waals surface area contributed by atoms with Crippen LogP contribution in [0.3, 0.4) is 0 Å². The first-order valence-electron chi connectivity index (χ1n) is 8.19. The van der Waals surface area contributed by atoms with E-state index >= 15 is 0 Å². The molecule has 116 valence electrons. The molecule has 0 saturated heterocycles. The van der Waals surface area contributed by atoms with Crippen molar-refractivity contribution in [1.82, 2.24) is 9.88 Å². The quantitative estimate of drug-likeness (QED) is 0.914. The molecule has 1 aliphatic carbocycles. The molecule has 0 aliphatic heterocycles. The van der Waals surface area contributed by atoms with Crippen LogP contribution in [0.2, 0.25) is 0 Å². The highest BCUT2D eigenvalue weighted by atomic mass is 16.2. The first-order valence-corrected chi connectivity index (χ1v) is 8.19. The van der Waals surface area contributed by atoms with Crippen LogP contribution < -0.4 is 5.32 Å². The van der Waals surface area contributed by atoms with Gasteiger partial charge in [-0.15, -0.1) is 0 Å². The number of rotatable bonds is 4. The lowest BCUT2D eigenvalue weighted by molar-refractivity contribution is -0.124. The summed E-state index contributed by atoms with van der Waals surface area (Å²) in [7, 11) is 0. The molecule has 22 heavy (non-hydrogen) atoms. The van der Waals surface area contributed by atoms with Gasteiger partial charge in [-0.05, 0) is 68.4 Å². The number of amides is 1. The predicted molar refractivity (Wildman–Crippen MR) is 88.8 cm³/mol. The highest BCUT2D eigenvalue weighted by molar-refractivity contribution is 5.80. The fourth-order valence-corrected chi connectivity index (χ4v) is 3.18. The van der Waals surface area contributed by atoms with E-state index in [9.17, 15) is 4.79 Å². The molecule has 0 saturated carbocycles. The van der Waals surface area contributed by atoms with E-state index in [-0.39, 0.29) is 18.0 Å². The molecule has 2 atom stereocenters. The molecule has 2 aromatic rings. The second-order valence-electron chi connectivity index (χ2n) is 6.27. The predicted octanol–water partition coefficient (Wildman–Crippen LogP) is 3.81. The molecule has 3 rings (SSSR count). The zero-order chi connectivity index (χ0) is 15.5. The normalized spacial score (nSPS) is 16.6. The Bertz CT molecular complexity index is 645. The fraction of sp³-hybridized carbons (Fsp3) is 0.421. The number of fused-ring (bicyclic) bond motifs is 1. The number of carbonyl (C=O) groups is 1. The number of aryl methyl sites for hydroxylation is 2. The number of carbonyl (C=O) groups excluding carboxylic acids is 1. The van der Waals surface area contributed by atoms with Crippen LogP contribution in [-0.2, 0) is 17.6 Å². The van der Waals surface area contributed by atoms with Gasteiger partial charge in [-0.1, -0.05) is 18.2 Å². The van der Waals surface area contributed by atoms with Crippen LogP contribution in [0.1, 0.15) is 55.5 Å². The minimum Gasteiger partial charge on any atom is -0.348 e. The highest BCUT2D eigenvalue weighted by Crippen LogP contribution is 2.25. The van der Waals surface area contributed by atoms with E-state index < -0.39 is 0 Å². The minimum absolute atomic E-state index is 0.0396. The molecule has 3 nitrogen and oxygen atoms in total. The lowest BCUT2D eigenvalue weighted by Crippen LogP contribution is -2.32. The lowest BCUT2D eigenvalue weighted by Gasteiger charge is -2.22. The third kappa shape index (κ3) is 3.08. The molecule has 0 radical (unpaired) electrons. The average molecular weight is 296 g/mol. The first-order chi connectivity index (χ1) is 10.6. The third-order valence-electron chi connectivity index (χ3n) is 4.69. The van der Waals surface area contributed by atoms with Gasteiger partial charge >= 0.3 is 0 Å². The van der Waals surface area contributed by atoms with Gasteiger partial charge in [0.1, 0.15) is 6.04 Å². The van der Waals surface area contributed by atoms with Gasteiger partial charge in [0, 0.05) is 12.4 Å². The van der Waals surface area contributed by atoms with Crippen molar-refractivity contribution in [2.24, 2.45) is 0 Å². The van der Waals surface area contributed by atoms with Crippen molar-refractivity contribution in [2.45, 2.75) is 51.6 Å². The zero-order valence-corrected chi connectivity index (χ0v) is 13.4. The summed E-state index contributed by atoms with van der Waals surface area (Å²) in [6.07, 6.45) is 8.79. The molecule has 1 aromatic carbocycles. The molecule has 0 spiro atoms. The average Bonchev–Trinajstić information content (AvgIpc) is 3.08. The van der Waals surface area contributed by atoms with Crippen LogP contribution in [0.25, 0.3) is 0 Å². The van der Waals surface area contributed by atoms with Crippen molar-refractivity contribution in [3.63, 3.8) is 0 Å². The van der Waals surface area contributed by atoms with E-state index in [2.05, 4.69) is 30.4 Å². The molecule has 0 unspecified atom stereocenters. The van der Waals surface area contributed by atoms with Crippen molar-refractivity contribution in [1.29, 1.82) is 0 Å². The van der Waals surface area contributed by atoms with Crippen LogP contribution in [0.4, 0.5) is 0 Å². The minimum atomic E-state index is -0.185. The first kappa shape index (κ1) is 14.9. The largest absolute Gasteiger partial charge is 0.348 e. The van der Waals surface area contributed by atoms with Crippen LogP contribution in [0.15, 0.2) is 42.7 Å². The van der Waals surface area contributed by atoms with Gasteiger partial charge in [0.15, 0.2) is 0 Å². The number of nitrogens with zero attached hydrogens (tertiary/aromatic N) is 1. The molecule has 1 N–H and O–H groups in total. The summed E-state index contributed by atoms with van der Waals surface area (Å²) in [5, 5.41) is 3.13. The van der Waals surface area contributed by atoms with Crippen molar-refractivity contribution >= 4 is 5.91 Å². The number of nitrogens with one attached hydrogen (secondary N) is 1. The Balaban J connectivity index is 1.69. The third-order valence-corrected chi connectivity index (χ3v) is 4.69. The Kier molecular flexibility index (Phi) is 4.32. The summed E-state index contributed by atoms with van der Waals surface area (Å²) >= 11 is 0. The van der Waals surface area contributed by atoms with E-state index in [1.54, 1.807) is 0 Å². The molecule has 1 heterocycles. The molecule has 3 heteroatoms. The maximum Gasteiger partial charge on any atom is 0.243 e. The van der Waals surface area contributed by atoms with E-state index in [1.165, 1.54) is 42.4 Å². The summed E-state index contributed by atoms with van der Waals surface area (Å²) < 4.78 is 1.93. The number of hydrogen-bond donors (Lipinski definition) is 1. The molecular formula is C19H24N2O. The van der Waals surface area contributed by atoms with Crippen molar-refractivity contribution in [3.8, 4) is 0 Å². The van der Waals surface area contributed by atoms with E-state index in [4.69, 9.17) is 0 Å². The number of hydrogen-bond acceptors (Lipinski definition) is 1. The van der Waals surface area contributed by atoms with Crippen LogP contribution >= 0.6 is 0 Å². The Hall–Kier alpha value is -2.03. The maximum atomic E-state index is 12.4. The highest BCUT2D eigenvalue weighted by Gasteiger charge is 2.18. The standard InChI is InChI=1S/C19H24N2O/c1-14(20-19(22)15(2)21-11-5-6-12-21)17-10-9-16-7-3-4-8-18(16)13-17/h5-6,9-15H,3-4,7-8H2,1-2H3,(H,20,22)/t14-,15-/m0/s1. The Morgan fingerprint density at radius 1 is 1.09 bits per heavy atom. The summed E-state index contributed by atoms with van der Waals surface area (Å²) in [6.45, 7) is 3.99. The molecule has 1 aromatic heterocycles. The van der Waals surface area contributed by atoms with Crippen molar-refractivity contribution in [3.05, 3.63) is 59.4 Å². The molecule has 1 amide bonds. The van der Waals surface area contributed by atoms with Crippen molar-refractivity contribution < 1.29 is 4.79 Å². The Morgan fingerprint density at radius 3 is 2.50 bits per heavy atom. The summed E-state index contributed by atoms with van der Waals surface area (Å²) in [4.78, 5) is 12.4. The lowest BCUT2D eigenvalue weighted by atomic mass is 9.89. The summed E-state index contributed by atoms with van der Waals surface area (Å²) in [5.41, 5.74) is 4.14. The van der Waals surface area contributed by atoms with Crippen LogP contribution in [0.5, 0.6) is 0 Å². The topological polar surface area (TPSA) is 34.0 Å². The molecule has 0 bridgehead atoms. The second kappa shape index (κ2) is 6.39. The summed E-state index contributed by atoms with van der Waals surface area (Å²) in [5.74, 6) is 0.0569. The number of aromatic nitrogens is 1. The van der Waals surface area contributed by atoms with Gasteiger partial charge in [0.05, 0.1) is 6.04 Å². The second-order valence-corrected chi connectivity index (χ2v) is 6.27. The smallest absolute Gasteiger partial charge is 0.243 e. The van der Waals surface area contributed by atoms with E-state index in [0.29, 0.717) is 0 Å². The SMILES string of the molecule is C[C@H](NC(=O)[C@H](C)n1cccc1)c1ccc2c(c1)CCCC2. The monoisotopic (exact) mass is 296 g/mol. The van der Waals surface area contributed by atoms with E-state index in [1.807, 2.05) is 36.0 Å². The van der Waals surface area contributed by atoms with Gasteiger partial charge in [-0.2, -0.15) is 0 Å². The van der Waals surface area contributed by atoms with Gasteiger partial charge in [0.25, 0.3) is 0 Å². The number of benzene rings is 1. The Morgan fingerprint density at radius 2 is 1.77 bits per heavy atom. The van der Waals surface area contributed by atoms with Crippen molar-refractivity contribution in [2.75, 3.05) is 0 Å². The molecule has 0 fully saturated rings. The maximum absolute atomic E-state index is 12.4. The molecule has 1 aliphatic rings. The van der Waals surface area contributed by atoms with E-state index in [0.717, 1.165) is 0 Å². The van der Waals surface area contributed by atoms with Gasteiger partial charge < -0.3 is 9.88 Å². The van der Waals surface area contributed by atoms with Gasteiger partial charge in [-0.3, -0.25) is 4.79 Å².